The monoisotopic (exact) mass is 413 g/mol. The van der Waals surface area contributed by atoms with Crippen LogP contribution < -0.4 is 10.2 Å². The molecule has 0 radical (unpaired) electrons. The molecule has 2 aliphatic rings. The van der Waals surface area contributed by atoms with Crippen LogP contribution in [0.4, 0.5) is 11.4 Å². The second-order valence-corrected chi connectivity index (χ2v) is 9.78. The Bertz CT molecular complexity index is 1070. The fourth-order valence-corrected chi connectivity index (χ4v) is 4.33. The minimum Gasteiger partial charge on any atom is -0.322 e. The Balaban J connectivity index is 1.51. The second kappa shape index (κ2) is 7.27. The Hall–Kier alpha value is -2.71. The van der Waals surface area contributed by atoms with Crippen LogP contribution in [-0.2, 0) is 21.2 Å². The summed E-state index contributed by atoms with van der Waals surface area (Å²) in [6.45, 7) is 0.684. The van der Waals surface area contributed by atoms with E-state index in [1.54, 1.807) is 0 Å². The van der Waals surface area contributed by atoms with Gasteiger partial charge in [0.1, 0.15) is 0 Å². The number of nitrogens with one attached hydrogen (secondary N) is 1. The SMILES string of the molecule is CN(C)S(=O)(=O)c1ccc(C(=O)Nc2ccc3c(c2)N(C(=O)C2CC2)CC3)cc1. The zero-order valence-corrected chi connectivity index (χ0v) is 17.2. The summed E-state index contributed by atoms with van der Waals surface area (Å²) in [7, 11) is -0.618. The molecule has 0 atom stereocenters. The molecule has 7 nitrogen and oxygen atoms in total. The first kappa shape index (κ1) is 19.6. The molecule has 2 aromatic rings. The molecular formula is C21H23N3O4S. The molecule has 152 valence electrons. The highest BCUT2D eigenvalue weighted by atomic mass is 32.2. The van der Waals surface area contributed by atoms with Gasteiger partial charge in [0.2, 0.25) is 15.9 Å². The molecule has 1 aliphatic carbocycles. The Morgan fingerprint density at radius 1 is 1.07 bits per heavy atom. The largest absolute Gasteiger partial charge is 0.322 e. The molecule has 0 unspecified atom stereocenters. The van der Waals surface area contributed by atoms with Crippen molar-refractivity contribution >= 4 is 33.2 Å². The lowest BCUT2D eigenvalue weighted by Crippen LogP contribution is -2.30. The molecule has 0 saturated heterocycles. The van der Waals surface area contributed by atoms with E-state index in [1.165, 1.54) is 38.4 Å². The first-order chi connectivity index (χ1) is 13.8. The lowest BCUT2D eigenvalue weighted by Gasteiger charge is -2.18. The van der Waals surface area contributed by atoms with E-state index in [0.29, 0.717) is 17.8 Å². The van der Waals surface area contributed by atoms with Crippen LogP contribution in [0, 0.1) is 5.92 Å². The molecule has 1 N–H and O–H groups in total. The van der Waals surface area contributed by atoms with Crippen molar-refractivity contribution in [2.45, 2.75) is 24.2 Å². The number of anilines is 2. The van der Waals surface area contributed by atoms with E-state index in [0.717, 1.165) is 34.8 Å². The van der Waals surface area contributed by atoms with E-state index in [1.807, 2.05) is 23.1 Å². The minimum absolute atomic E-state index is 0.130. The molecule has 2 aromatic carbocycles. The average Bonchev–Trinajstić information content (AvgIpc) is 3.47. The van der Waals surface area contributed by atoms with E-state index in [9.17, 15) is 18.0 Å². The molecule has 4 rings (SSSR count). The number of amides is 2. The van der Waals surface area contributed by atoms with Crippen molar-refractivity contribution in [2.75, 3.05) is 30.9 Å². The summed E-state index contributed by atoms with van der Waals surface area (Å²) < 4.78 is 25.4. The highest BCUT2D eigenvalue weighted by Gasteiger charge is 2.36. The van der Waals surface area contributed by atoms with Crippen molar-refractivity contribution in [3.63, 3.8) is 0 Å². The highest BCUT2D eigenvalue weighted by molar-refractivity contribution is 7.89. The third-order valence-electron chi connectivity index (χ3n) is 5.33. The van der Waals surface area contributed by atoms with Gasteiger partial charge in [-0.25, -0.2) is 12.7 Å². The topological polar surface area (TPSA) is 86.8 Å². The van der Waals surface area contributed by atoms with E-state index < -0.39 is 10.0 Å². The zero-order chi connectivity index (χ0) is 20.8. The van der Waals surface area contributed by atoms with Crippen LogP contribution in [0.3, 0.4) is 0 Å². The number of carbonyl (C=O) groups excluding carboxylic acids is 2. The predicted molar refractivity (Wildman–Crippen MR) is 110 cm³/mol. The van der Waals surface area contributed by atoms with Crippen molar-refractivity contribution < 1.29 is 18.0 Å². The summed E-state index contributed by atoms with van der Waals surface area (Å²) >= 11 is 0. The van der Waals surface area contributed by atoms with Gasteiger partial charge in [-0.15, -0.1) is 0 Å². The predicted octanol–water partition coefficient (Wildman–Crippen LogP) is 2.49. The molecule has 0 bridgehead atoms. The maximum Gasteiger partial charge on any atom is 0.255 e. The molecular weight excluding hydrogens is 390 g/mol. The van der Waals surface area contributed by atoms with Crippen molar-refractivity contribution in [2.24, 2.45) is 5.92 Å². The van der Waals surface area contributed by atoms with Gasteiger partial charge < -0.3 is 10.2 Å². The molecule has 0 spiro atoms. The average molecular weight is 413 g/mol. The quantitative estimate of drug-likeness (QED) is 0.816. The van der Waals surface area contributed by atoms with Crippen molar-refractivity contribution in [3.8, 4) is 0 Å². The maximum atomic E-state index is 12.6. The van der Waals surface area contributed by atoms with Crippen LogP contribution in [-0.4, -0.2) is 45.2 Å². The van der Waals surface area contributed by atoms with Crippen LogP contribution in [0.2, 0.25) is 0 Å². The smallest absolute Gasteiger partial charge is 0.255 e. The first-order valence-electron chi connectivity index (χ1n) is 9.55. The molecule has 29 heavy (non-hydrogen) atoms. The van der Waals surface area contributed by atoms with E-state index >= 15 is 0 Å². The minimum atomic E-state index is -3.54. The maximum absolute atomic E-state index is 12.6. The lowest BCUT2D eigenvalue weighted by molar-refractivity contribution is -0.119. The van der Waals surface area contributed by atoms with Crippen molar-refractivity contribution in [1.82, 2.24) is 4.31 Å². The number of hydrogen-bond acceptors (Lipinski definition) is 4. The van der Waals surface area contributed by atoms with Crippen molar-refractivity contribution in [1.29, 1.82) is 0 Å². The number of carbonyl (C=O) groups is 2. The van der Waals surface area contributed by atoms with Crippen LogP contribution in [0.1, 0.15) is 28.8 Å². The second-order valence-electron chi connectivity index (χ2n) is 7.62. The number of fused-ring (bicyclic) bond motifs is 1. The fraction of sp³-hybridized carbons (Fsp3) is 0.333. The first-order valence-corrected chi connectivity index (χ1v) is 11.0. The molecule has 8 heteroatoms. The van der Waals surface area contributed by atoms with Gasteiger partial charge in [0.05, 0.1) is 4.90 Å². The van der Waals surface area contributed by atoms with E-state index in [2.05, 4.69) is 5.32 Å². The summed E-state index contributed by atoms with van der Waals surface area (Å²) in [5.74, 6) is -0.0158. The van der Waals surface area contributed by atoms with Gasteiger partial charge in [-0.2, -0.15) is 0 Å². The van der Waals surface area contributed by atoms with E-state index in [-0.39, 0.29) is 22.6 Å². The molecule has 1 saturated carbocycles. The van der Waals surface area contributed by atoms with Gasteiger partial charge in [-0.1, -0.05) is 6.07 Å². The Kier molecular flexibility index (Phi) is 4.92. The van der Waals surface area contributed by atoms with Crippen LogP contribution >= 0.6 is 0 Å². The highest BCUT2D eigenvalue weighted by Crippen LogP contribution is 2.37. The number of benzene rings is 2. The number of hydrogen-bond donors (Lipinski definition) is 1. The standard InChI is InChI=1S/C21H23N3O4S/c1-23(2)29(27,28)18-9-6-15(7-10-18)20(25)22-17-8-5-14-11-12-24(19(14)13-17)21(26)16-3-4-16/h5-10,13,16H,3-4,11-12H2,1-2H3,(H,22,25). The fourth-order valence-electron chi connectivity index (χ4n) is 3.43. The van der Waals surface area contributed by atoms with Gasteiger partial charge in [0.25, 0.3) is 5.91 Å². The van der Waals surface area contributed by atoms with Gasteiger partial charge in [0, 0.05) is 43.5 Å². The van der Waals surface area contributed by atoms with Crippen LogP contribution in [0.25, 0.3) is 0 Å². The number of rotatable bonds is 5. The van der Waals surface area contributed by atoms with Gasteiger partial charge in [-0.05, 0) is 61.2 Å². The Morgan fingerprint density at radius 3 is 2.38 bits per heavy atom. The van der Waals surface area contributed by atoms with Gasteiger partial charge in [-0.3, -0.25) is 9.59 Å². The summed E-state index contributed by atoms with van der Waals surface area (Å²) in [4.78, 5) is 27.0. The lowest BCUT2D eigenvalue weighted by atomic mass is 10.1. The Labute approximate surface area is 170 Å². The number of nitrogens with zero attached hydrogens (tertiary/aromatic N) is 2. The molecule has 0 aromatic heterocycles. The summed E-state index contributed by atoms with van der Waals surface area (Å²) in [6, 6.07) is 11.4. The molecule has 2 amide bonds. The Morgan fingerprint density at radius 2 is 1.76 bits per heavy atom. The van der Waals surface area contributed by atoms with Gasteiger partial charge in [0.15, 0.2) is 0 Å². The summed E-state index contributed by atoms with van der Waals surface area (Å²) in [5, 5.41) is 2.84. The molecule has 1 fully saturated rings. The third kappa shape index (κ3) is 3.77. The number of sulfonamides is 1. The van der Waals surface area contributed by atoms with Crippen LogP contribution in [0.15, 0.2) is 47.4 Å². The van der Waals surface area contributed by atoms with Crippen molar-refractivity contribution in [3.05, 3.63) is 53.6 Å². The zero-order valence-electron chi connectivity index (χ0n) is 16.4. The third-order valence-corrected chi connectivity index (χ3v) is 7.16. The summed E-state index contributed by atoms with van der Waals surface area (Å²) in [6.07, 6.45) is 2.74. The van der Waals surface area contributed by atoms with Gasteiger partial charge >= 0.3 is 0 Å². The molecule has 1 heterocycles. The molecule has 1 aliphatic heterocycles. The van der Waals surface area contributed by atoms with E-state index in [4.69, 9.17) is 0 Å². The summed E-state index contributed by atoms with van der Waals surface area (Å²) in [5.41, 5.74) is 2.94. The normalized spacial score (nSPS) is 16.0. The van der Waals surface area contributed by atoms with Crippen LogP contribution in [0.5, 0.6) is 0 Å².